The van der Waals surface area contributed by atoms with Crippen LogP contribution >= 0.6 is 10.7 Å². The van der Waals surface area contributed by atoms with Gasteiger partial charge in [0.05, 0.1) is 4.90 Å². The molecule has 0 radical (unpaired) electrons. The Kier molecular flexibility index (Phi) is 5.36. The van der Waals surface area contributed by atoms with E-state index in [2.05, 4.69) is 6.58 Å². The highest BCUT2D eigenvalue weighted by Gasteiger charge is 2.18. The number of carbonyl (C=O) groups is 1. The van der Waals surface area contributed by atoms with Crippen LogP contribution in [-0.2, 0) is 9.05 Å². The van der Waals surface area contributed by atoms with Crippen LogP contribution in [0.2, 0.25) is 0 Å². The molecule has 0 aliphatic rings. The number of halogens is 1. The van der Waals surface area contributed by atoms with Gasteiger partial charge >= 0.3 is 0 Å². The van der Waals surface area contributed by atoms with Crippen LogP contribution < -0.4 is 0 Å². The first-order valence-electron chi connectivity index (χ1n) is 6.15. The molecule has 6 heteroatoms. The van der Waals surface area contributed by atoms with Crippen molar-refractivity contribution in [1.82, 2.24) is 4.90 Å². The van der Waals surface area contributed by atoms with Crippen molar-refractivity contribution < 1.29 is 13.2 Å². The Hall–Kier alpha value is -1.33. The van der Waals surface area contributed by atoms with Crippen LogP contribution in [0.1, 0.15) is 29.8 Å². The van der Waals surface area contributed by atoms with Crippen molar-refractivity contribution in [1.29, 1.82) is 0 Å². The zero-order valence-electron chi connectivity index (χ0n) is 11.8. The predicted octanol–water partition coefficient (Wildman–Crippen LogP) is 2.96. The summed E-state index contributed by atoms with van der Waals surface area (Å²) in [5.74, 6) is -0.147. The smallest absolute Gasteiger partial charge is 0.261 e. The number of carbonyl (C=O) groups excluding carboxylic acids is 1. The average Bonchev–Trinajstić information content (AvgIpc) is 2.33. The van der Waals surface area contributed by atoms with Crippen molar-refractivity contribution in [2.75, 3.05) is 13.1 Å². The van der Waals surface area contributed by atoms with Gasteiger partial charge in [0.2, 0.25) is 0 Å². The first-order chi connectivity index (χ1) is 9.16. The quantitative estimate of drug-likeness (QED) is 0.620. The summed E-state index contributed by atoms with van der Waals surface area (Å²) >= 11 is 0. The number of benzene rings is 1. The zero-order chi connectivity index (χ0) is 15.5. The number of hydrogen-bond acceptors (Lipinski definition) is 3. The third-order valence-electron chi connectivity index (χ3n) is 2.84. The second-order valence-electron chi connectivity index (χ2n) is 4.69. The highest BCUT2D eigenvalue weighted by molar-refractivity contribution is 8.13. The Morgan fingerprint density at radius 1 is 1.40 bits per heavy atom. The molecule has 110 valence electrons. The molecular formula is C14H18ClNO3S. The molecule has 0 unspecified atom stereocenters. The first kappa shape index (κ1) is 16.7. The van der Waals surface area contributed by atoms with Gasteiger partial charge in [-0.1, -0.05) is 12.2 Å². The lowest BCUT2D eigenvalue weighted by Gasteiger charge is -2.22. The van der Waals surface area contributed by atoms with E-state index in [0.29, 0.717) is 24.2 Å². The van der Waals surface area contributed by atoms with E-state index in [1.54, 1.807) is 11.8 Å². The van der Waals surface area contributed by atoms with Crippen LogP contribution in [0.4, 0.5) is 0 Å². The van der Waals surface area contributed by atoms with E-state index in [4.69, 9.17) is 10.7 Å². The Labute approximate surface area is 124 Å². The fourth-order valence-electron chi connectivity index (χ4n) is 1.85. The lowest BCUT2D eigenvalue weighted by atomic mass is 10.1. The van der Waals surface area contributed by atoms with E-state index in [9.17, 15) is 13.2 Å². The summed E-state index contributed by atoms with van der Waals surface area (Å²) in [7, 11) is 1.51. The Bertz CT molecular complexity index is 638. The lowest BCUT2D eigenvalue weighted by Crippen LogP contribution is -2.32. The fourth-order valence-corrected chi connectivity index (χ4v) is 2.69. The largest absolute Gasteiger partial charge is 0.335 e. The summed E-state index contributed by atoms with van der Waals surface area (Å²) in [6.07, 6.45) is 0. The highest BCUT2D eigenvalue weighted by Crippen LogP contribution is 2.20. The predicted molar refractivity (Wildman–Crippen MR) is 80.6 cm³/mol. The molecule has 20 heavy (non-hydrogen) atoms. The monoisotopic (exact) mass is 315 g/mol. The molecule has 0 saturated heterocycles. The van der Waals surface area contributed by atoms with Gasteiger partial charge in [-0.05, 0) is 44.5 Å². The fraction of sp³-hybridized carbons (Fsp3) is 0.357. The molecule has 0 heterocycles. The molecule has 1 aromatic carbocycles. The molecule has 1 amide bonds. The topological polar surface area (TPSA) is 54.5 Å². The first-order valence-corrected chi connectivity index (χ1v) is 8.46. The highest BCUT2D eigenvalue weighted by atomic mass is 35.7. The third kappa shape index (κ3) is 4.08. The summed E-state index contributed by atoms with van der Waals surface area (Å²) in [5, 5.41) is 0. The number of likely N-dealkylation sites (N-methyl/N-ethyl adjacent to an activating group) is 1. The minimum atomic E-state index is -3.78. The van der Waals surface area contributed by atoms with Crippen molar-refractivity contribution in [3.05, 3.63) is 41.5 Å². The van der Waals surface area contributed by atoms with Crippen LogP contribution in [0.3, 0.4) is 0 Å². The minimum Gasteiger partial charge on any atom is -0.335 e. The number of nitrogens with zero attached hydrogens (tertiary/aromatic N) is 1. The number of hydrogen-bond donors (Lipinski definition) is 0. The molecule has 0 saturated carbocycles. The number of rotatable bonds is 5. The molecule has 0 aromatic heterocycles. The molecule has 0 aliphatic carbocycles. The van der Waals surface area contributed by atoms with Crippen LogP contribution in [0.5, 0.6) is 0 Å². The van der Waals surface area contributed by atoms with E-state index in [0.717, 1.165) is 5.57 Å². The molecule has 0 aliphatic heterocycles. The minimum absolute atomic E-state index is 0.00355. The molecule has 0 N–H and O–H groups in total. The van der Waals surface area contributed by atoms with Crippen LogP contribution in [0.25, 0.3) is 0 Å². The Morgan fingerprint density at radius 3 is 2.40 bits per heavy atom. The molecule has 1 rings (SSSR count). The average molecular weight is 316 g/mol. The summed E-state index contributed by atoms with van der Waals surface area (Å²) in [6, 6.07) is 4.25. The molecule has 0 spiro atoms. The summed E-state index contributed by atoms with van der Waals surface area (Å²) in [6.45, 7) is 10.3. The van der Waals surface area contributed by atoms with Crippen LogP contribution in [0, 0.1) is 6.92 Å². The van der Waals surface area contributed by atoms with Crippen molar-refractivity contribution in [2.24, 2.45) is 0 Å². The Morgan fingerprint density at radius 2 is 2.00 bits per heavy atom. The Balaban J connectivity index is 3.14. The second kappa shape index (κ2) is 6.41. The summed E-state index contributed by atoms with van der Waals surface area (Å²) < 4.78 is 22.5. The summed E-state index contributed by atoms with van der Waals surface area (Å²) in [4.78, 5) is 14.0. The molecular weight excluding hydrogens is 298 g/mol. The SMILES string of the molecule is C=C(C)CN(CC)C(=O)c1ccc(S(=O)(=O)Cl)cc1C. The number of amides is 1. The standard InChI is InChI=1S/C14H18ClNO3S/c1-5-16(9-10(2)3)14(17)13-7-6-12(8-11(13)4)20(15,18)19/h6-8H,2,5,9H2,1,3-4H3. The zero-order valence-corrected chi connectivity index (χ0v) is 13.4. The molecule has 1 aromatic rings. The van der Waals surface area contributed by atoms with Crippen molar-refractivity contribution in [3.8, 4) is 0 Å². The van der Waals surface area contributed by atoms with Crippen molar-refractivity contribution in [3.63, 3.8) is 0 Å². The molecule has 0 bridgehead atoms. The van der Waals surface area contributed by atoms with E-state index in [1.165, 1.54) is 18.2 Å². The van der Waals surface area contributed by atoms with Gasteiger partial charge in [0.25, 0.3) is 15.0 Å². The van der Waals surface area contributed by atoms with E-state index in [-0.39, 0.29) is 10.8 Å². The molecule has 0 fully saturated rings. The van der Waals surface area contributed by atoms with Crippen LogP contribution in [0.15, 0.2) is 35.2 Å². The van der Waals surface area contributed by atoms with Gasteiger partial charge in [-0.2, -0.15) is 0 Å². The molecule has 0 atom stereocenters. The van der Waals surface area contributed by atoms with Gasteiger partial charge in [-0.15, -0.1) is 0 Å². The van der Waals surface area contributed by atoms with Gasteiger partial charge in [-0.25, -0.2) is 8.42 Å². The maximum absolute atomic E-state index is 12.4. The number of aryl methyl sites for hydroxylation is 1. The van der Waals surface area contributed by atoms with Gasteiger partial charge in [0.15, 0.2) is 0 Å². The van der Waals surface area contributed by atoms with E-state index >= 15 is 0 Å². The lowest BCUT2D eigenvalue weighted by molar-refractivity contribution is 0.0777. The van der Waals surface area contributed by atoms with Gasteiger partial charge in [0, 0.05) is 29.3 Å². The van der Waals surface area contributed by atoms with E-state index < -0.39 is 9.05 Å². The normalized spacial score (nSPS) is 11.2. The third-order valence-corrected chi connectivity index (χ3v) is 4.19. The van der Waals surface area contributed by atoms with Gasteiger partial charge < -0.3 is 4.90 Å². The maximum Gasteiger partial charge on any atom is 0.261 e. The second-order valence-corrected chi connectivity index (χ2v) is 7.26. The van der Waals surface area contributed by atoms with E-state index in [1.807, 2.05) is 13.8 Å². The summed E-state index contributed by atoms with van der Waals surface area (Å²) in [5.41, 5.74) is 1.94. The van der Waals surface area contributed by atoms with Gasteiger partial charge in [-0.3, -0.25) is 4.79 Å². The van der Waals surface area contributed by atoms with Crippen LogP contribution in [-0.4, -0.2) is 32.3 Å². The maximum atomic E-state index is 12.4. The molecule has 4 nitrogen and oxygen atoms in total. The van der Waals surface area contributed by atoms with Crippen molar-refractivity contribution >= 4 is 25.6 Å². The van der Waals surface area contributed by atoms with Gasteiger partial charge in [0.1, 0.15) is 0 Å². The van der Waals surface area contributed by atoms with Crippen molar-refractivity contribution in [2.45, 2.75) is 25.7 Å².